The van der Waals surface area contributed by atoms with Gasteiger partial charge in [-0.1, -0.05) is 15.9 Å². The minimum atomic E-state index is -0.602. The molecular weight excluding hydrogens is 316 g/mol. The van der Waals surface area contributed by atoms with E-state index in [0.29, 0.717) is 17.0 Å². The molecule has 0 amide bonds. The Morgan fingerprint density at radius 3 is 2.63 bits per heavy atom. The average molecular weight is 334 g/mol. The van der Waals surface area contributed by atoms with Gasteiger partial charge in [0.05, 0.1) is 6.10 Å². The highest BCUT2D eigenvalue weighted by Crippen LogP contribution is 2.27. The first-order valence-electron chi connectivity index (χ1n) is 6.59. The molecule has 1 aromatic carbocycles. The number of ether oxygens (including phenoxy) is 1. The zero-order valence-corrected chi connectivity index (χ0v) is 12.3. The molecule has 19 heavy (non-hydrogen) atoms. The lowest BCUT2D eigenvalue weighted by Gasteiger charge is -2.15. The molecule has 1 heterocycles. The molecule has 5 heteroatoms. The molecule has 0 spiro atoms. The van der Waals surface area contributed by atoms with Gasteiger partial charge in [0.15, 0.2) is 0 Å². The summed E-state index contributed by atoms with van der Waals surface area (Å²) in [6.45, 7) is 0.826. The Morgan fingerprint density at radius 2 is 2.05 bits per heavy atom. The monoisotopic (exact) mass is 333 g/mol. The van der Waals surface area contributed by atoms with Crippen LogP contribution in [0.2, 0.25) is 0 Å². The Morgan fingerprint density at radius 1 is 1.37 bits per heavy atom. The first-order valence-corrected chi connectivity index (χ1v) is 7.39. The van der Waals surface area contributed by atoms with Crippen LogP contribution in [0.5, 0.6) is 0 Å². The summed E-state index contributed by atoms with van der Waals surface area (Å²) in [4.78, 5) is 0. The standard InChI is InChI=1S/C14H18BrF2NO/c15-9-7-11(16)14(12(17)8-9)13(18)5-1-3-10-4-2-6-19-10/h7-8,10,13H,1-6,18H2. The topological polar surface area (TPSA) is 35.2 Å². The molecule has 0 aromatic heterocycles. The third kappa shape index (κ3) is 3.97. The van der Waals surface area contributed by atoms with Gasteiger partial charge in [-0.25, -0.2) is 8.78 Å². The Balaban J connectivity index is 1.90. The maximum Gasteiger partial charge on any atom is 0.132 e. The molecule has 2 nitrogen and oxygen atoms in total. The zero-order chi connectivity index (χ0) is 13.8. The summed E-state index contributed by atoms with van der Waals surface area (Å²) in [5.41, 5.74) is 5.88. The Labute approximate surface area is 120 Å². The highest BCUT2D eigenvalue weighted by molar-refractivity contribution is 9.10. The van der Waals surface area contributed by atoms with Crippen LogP contribution in [-0.2, 0) is 4.74 Å². The largest absolute Gasteiger partial charge is 0.378 e. The van der Waals surface area contributed by atoms with Crippen LogP contribution >= 0.6 is 15.9 Å². The van der Waals surface area contributed by atoms with E-state index in [4.69, 9.17) is 10.5 Å². The van der Waals surface area contributed by atoms with Crippen LogP contribution in [0.25, 0.3) is 0 Å². The van der Waals surface area contributed by atoms with Gasteiger partial charge in [0.25, 0.3) is 0 Å². The number of halogens is 3. The summed E-state index contributed by atoms with van der Waals surface area (Å²) in [6.07, 6.45) is 4.78. The third-order valence-electron chi connectivity index (χ3n) is 3.48. The molecular formula is C14H18BrF2NO. The highest BCUT2D eigenvalue weighted by atomic mass is 79.9. The van der Waals surface area contributed by atoms with Crippen LogP contribution in [0.15, 0.2) is 16.6 Å². The molecule has 0 radical (unpaired) electrons. The van der Waals surface area contributed by atoms with Gasteiger partial charge >= 0.3 is 0 Å². The third-order valence-corrected chi connectivity index (χ3v) is 3.94. The van der Waals surface area contributed by atoms with E-state index in [9.17, 15) is 8.78 Å². The van der Waals surface area contributed by atoms with Gasteiger partial charge in [0.2, 0.25) is 0 Å². The van der Waals surface area contributed by atoms with Crippen molar-refractivity contribution in [3.8, 4) is 0 Å². The van der Waals surface area contributed by atoms with Crippen LogP contribution in [0.1, 0.15) is 43.7 Å². The predicted octanol–water partition coefficient (Wildman–Crippen LogP) is 4.08. The molecule has 2 unspecified atom stereocenters. The van der Waals surface area contributed by atoms with Crippen molar-refractivity contribution in [1.82, 2.24) is 0 Å². The van der Waals surface area contributed by atoms with E-state index in [2.05, 4.69) is 15.9 Å². The van der Waals surface area contributed by atoms with Crippen LogP contribution in [-0.4, -0.2) is 12.7 Å². The second kappa shape index (κ2) is 6.77. The molecule has 2 rings (SSSR count). The number of nitrogens with two attached hydrogens (primary N) is 1. The van der Waals surface area contributed by atoms with Gasteiger partial charge in [-0.05, 0) is 44.2 Å². The lowest BCUT2D eigenvalue weighted by atomic mass is 9.99. The highest BCUT2D eigenvalue weighted by Gasteiger charge is 2.19. The van der Waals surface area contributed by atoms with Crippen LogP contribution in [0.4, 0.5) is 8.78 Å². The van der Waals surface area contributed by atoms with Crippen molar-refractivity contribution in [2.24, 2.45) is 5.73 Å². The van der Waals surface area contributed by atoms with Gasteiger partial charge in [-0.2, -0.15) is 0 Å². The fraction of sp³-hybridized carbons (Fsp3) is 0.571. The predicted molar refractivity (Wildman–Crippen MR) is 73.8 cm³/mol. The van der Waals surface area contributed by atoms with Crippen LogP contribution in [0.3, 0.4) is 0 Å². The minimum Gasteiger partial charge on any atom is -0.378 e. The van der Waals surface area contributed by atoms with Crippen molar-refractivity contribution in [2.75, 3.05) is 6.61 Å². The van der Waals surface area contributed by atoms with E-state index in [0.717, 1.165) is 32.3 Å². The lowest BCUT2D eigenvalue weighted by molar-refractivity contribution is 0.101. The summed E-state index contributed by atoms with van der Waals surface area (Å²) < 4.78 is 33.3. The van der Waals surface area contributed by atoms with E-state index >= 15 is 0 Å². The van der Waals surface area contributed by atoms with Crippen molar-refractivity contribution >= 4 is 15.9 Å². The van der Waals surface area contributed by atoms with E-state index in [-0.39, 0.29) is 5.56 Å². The Hall–Kier alpha value is -0.520. The van der Waals surface area contributed by atoms with Crippen molar-refractivity contribution < 1.29 is 13.5 Å². The fourth-order valence-corrected chi connectivity index (χ4v) is 2.89. The van der Waals surface area contributed by atoms with Gasteiger partial charge in [0, 0.05) is 22.7 Å². The molecule has 1 aliphatic heterocycles. The molecule has 1 saturated heterocycles. The van der Waals surface area contributed by atoms with E-state index < -0.39 is 17.7 Å². The quantitative estimate of drug-likeness (QED) is 0.881. The van der Waals surface area contributed by atoms with E-state index in [1.54, 1.807) is 0 Å². The lowest BCUT2D eigenvalue weighted by Crippen LogP contribution is -2.15. The van der Waals surface area contributed by atoms with E-state index in [1.165, 1.54) is 12.1 Å². The summed E-state index contributed by atoms with van der Waals surface area (Å²) in [7, 11) is 0. The molecule has 1 aromatic rings. The van der Waals surface area contributed by atoms with Gasteiger partial charge < -0.3 is 10.5 Å². The van der Waals surface area contributed by atoms with Crippen molar-refractivity contribution in [3.63, 3.8) is 0 Å². The minimum absolute atomic E-state index is 0.0180. The van der Waals surface area contributed by atoms with Crippen molar-refractivity contribution in [3.05, 3.63) is 33.8 Å². The van der Waals surface area contributed by atoms with E-state index in [1.807, 2.05) is 0 Å². The summed E-state index contributed by atoms with van der Waals surface area (Å²) >= 11 is 3.06. The zero-order valence-electron chi connectivity index (χ0n) is 10.7. The molecule has 106 valence electrons. The maximum absolute atomic E-state index is 13.7. The Kier molecular flexibility index (Phi) is 5.30. The van der Waals surface area contributed by atoms with Crippen LogP contribution < -0.4 is 5.73 Å². The number of hydrogen-bond donors (Lipinski definition) is 1. The van der Waals surface area contributed by atoms with Gasteiger partial charge in [0.1, 0.15) is 11.6 Å². The Bertz CT molecular complexity index is 412. The van der Waals surface area contributed by atoms with Crippen molar-refractivity contribution in [1.29, 1.82) is 0 Å². The molecule has 1 aliphatic rings. The summed E-state index contributed by atoms with van der Waals surface area (Å²) in [5.74, 6) is -1.17. The number of rotatable bonds is 5. The molecule has 0 aliphatic carbocycles. The van der Waals surface area contributed by atoms with Gasteiger partial charge in [-0.15, -0.1) is 0 Å². The summed E-state index contributed by atoms with van der Waals surface area (Å²) in [6, 6.07) is 1.89. The average Bonchev–Trinajstić information content (AvgIpc) is 2.80. The van der Waals surface area contributed by atoms with Gasteiger partial charge in [-0.3, -0.25) is 0 Å². The number of benzene rings is 1. The van der Waals surface area contributed by atoms with Crippen molar-refractivity contribution in [2.45, 2.75) is 44.2 Å². The second-order valence-corrected chi connectivity index (χ2v) is 5.87. The maximum atomic E-state index is 13.7. The SMILES string of the molecule is NC(CCCC1CCCO1)c1c(F)cc(Br)cc1F. The fourth-order valence-electron chi connectivity index (χ4n) is 2.49. The molecule has 1 fully saturated rings. The number of hydrogen-bond acceptors (Lipinski definition) is 2. The molecule has 2 atom stereocenters. The summed E-state index contributed by atoms with van der Waals surface area (Å²) in [5, 5.41) is 0. The normalized spacial score (nSPS) is 20.7. The smallest absolute Gasteiger partial charge is 0.132 e. The molecule has 0 saturated carbocycles. The molecule has 2 N–H and O–H groups in total. The first-order chi connectivity index (χ1) is 9.08. The molecule has 0 bridgehead atoms. The van der Waals surface area contributed by atoms with Crippen LogP contribution in [0, 0.1) is 11.6 Å². The first kappa shape index (κ1) is 14.9. The second-order valence-electron chi connectivity index (χ2n) is 4.96.